The summed E-state index contributed by atoms with van der Waals surface area (Å²) >= 11 is 0. The summed E-state index contributed by atoms with van der Waals surface area (Å²) in [6.45, 7) is 8.90. The second-order valence-electron chi connectivity index (χ2n) is 4.11. The normalized spacial score (nSPS) is 20.3. The number of morpholine rings is 1. The van der Waals surface area contributed by atoms with Crippen LogP contribution in [0.25, 0.3) is 0 Å². The number of amides is 1. The van der Waals surface area contributed by atoms with Crippen LogP contribution in [0.5, 0.6) is 0 Å². The molecule has 0 saturated carbocycles. The van der Waals surface area contributed by atoms with Crippen LogP contribution in [0.1, 0.15) is 20.8 Å². The number of ether oxygens (including phenoxy) is 1. The number of hydrogen-bond donors (Lipinski definition) is 2. The molecule has 5 nitrogen and oxygen atoms in total. The highest BCUT2D eigenvalue weighted by atomic mass is 16.5. The summed E-state index contributed by atoms with van der Waals surface area (Å²) in [5.41, 5.74) is 3.17. The SMILES string of the molecule is CC(C)NC(=O)C(C)NN1CCOCC1. The number of nitrogens with zero attached hydrogens (tertiary/aromatic N) is 1. The maximum atomic E-state index is 11.6. The Labute approximate surface area is 91.1 Å². The van der Waals surface area contributed by atoms with Crippen LogP contribution in [0.2, 0.25) is 0 Å². The van der Waals surface area contributed by atoms with Crippen molar-refractivity contribution < 1.29 is 9.53 Å². The summed E-state index contributed by atoms with van der Waals surface area (Å²) in [4.78, 5) is 11.6. The van der Waals surface area contributed by atoms with Crippen molar-refractivity contribution in [3.63, 3.8) is 0 Å². The molecule has 1 saturated heterocycles. The Morgan fingerprint density at radius 3 is 2.40 bits per heavy atom. The van der Waals surface area contributed by atoms with Crippen molar-refractivity contribution in [2.24, 2.45) is 0 Å². The molecule has 1 unspecified atom stereocenters. The molecule has 15 heavy (non-hydrogen) atoms. The van der Waals surface area contributed by atoms with E-state index < -0.39 is 0 Å². The van der Waals surface area contributed by atoms with Gasteiger partial charge in [0.25, 0.3) is 0 Å². The largest absolute Gasteiger partial charge is 0.379 e. The van der Waals surface area contributed by atoms with Gasteiger partial charge in [0.15, 0.2) is 0 Å². The molecule has 0 aromatic carbocycles. The highest BCUT2D eigenvalue weighted by molar-refractivity contribution is 5.81. The maximum absolute atomic E-state index is 11.6. The van der Waals surface area contributed by atoms with Crippen molar-refractivity contribution in [3.8, 4) is 0 Å². The summed E-state index contributed by atoms with van der Waals surface area (Å²) in [5.74, 6) is 0.0384. The molecule has 1 amide bonds. The monoisotopic (exact) mass is 215 g/mol. The van der Waals surface area contributed by atoms with E-state index in [2.05, 4.69) is 10.7 Å². The van der Waals surface area contributed by atoms with Crippen LogP contribution in [0.4, 0.5) is 0 Å². The van der Waals surface area contributed by atoms with Crippen LogP contribution in [0, 0.1) is 0 Å². The molecule has 2 N–H and O–H groups in total. The highest BCUT2D eigenvalue weighted by Gasteiger charge is 2.18. The van der Waals surface area contributed by atoms with E-state index in [0.717, 1.165) is 26.3 Å². The minimum atomic E-state index is -0.189. The van der Waals surface area contributed by atoms with Gasteiger partial charge in [-0.25, -0.2) is 10.4 Å². The second kappa shape index (κ2) is 6.05. The molecule has 1 fully saturated rings. The lowest BCUT2D eigenvalue weighted by Crippen LogP contribution is -2.54. The minimum Gasteiger partial charge on any atom is -0.379 e. The number of nitrogens with one attached hydrogen (secondary N) is 2. The Morgan fingerprint density at radius 1 is 1.27 bits per heavy atom. The van der Waals surface area contributed by atoms with Crippen LogP contribution in [0.3, 0.4) is 0 Å². The van der Waals surface area contributed by atoms with Crippen molar-refractivity contribution >= 4 is 5.91 Å². The molecule has 0 radical (unpaired) electrons. The van der Waals surface area contributed by atoms with Crippen LogP contribution >= 0.6 is 0 Å². The van der Waals surface area contributed by atoms with E-state index in [1.54, 1.807) is 0 Å². The van der Waals surface area contributed by atoms with Crippen LogP contribution in [-0.4, -0.2) is 49.3 Å². The van der Waals surface area contributed by atoms with Gasteiger partial charge in [0.05, 0.1) is 19.3 Å². The molecule has 1 heterocycles. The molecule has 0 aromatic heterocycles. The van der Waals surface area contributed by atoms with E-state index in [9.17, 15) is 4.79 Å². The third-order valence-electron chi connectivity index (χ3n) is 2.21. The van der Waals surface area contributed by atoms with Gasteiger partial charge in [-0.3, -0.25) is 4.79 Å². The summed E-state index contributed by atoms with van der Waals surface area (Å²) < 4.78 is 5.22. The maximum Gasteiger partial charge on any atom is 0.238 e. The quantitative estimate of drug-likeness (QED) is 0.678. The first-order chi connectivity index (χ1) is 7.09. The number of rotatable bonds is 4. The molecule has 0 aromatic rings. The van der Waals surface area contributed by atoms with E-state index in [1.807, 2.05) is 25.8 Å². The third kappa shape index (κ3) is 4.59. The summed E-state index contributed by atoms with van der Waals surface area (Å²) in [5, 5.41) is 4.91. The fraction of sp³-hybridized carbons (Fsp3) is 0.900. The second-order valence-corrected chi connectivity index (χ2v) is 4.11. The zero-order chi connectivity index (χ0) is 11.3. The molecule has 88 valence electrons. The van der Waals surface area contributed by atoms with Crippen molar-refractivity contribution in [2.45, 2.75) is 32.9 Å². The fourth-order valence-corrected chi connectivity index (χ4v) is 1.43. The third-order valence-corrected chi connectivity index (χ3v) is 2.21. The minimum absolute atomic E-state index is 0.0384. The first-order valence-electron chi connectivity index (χ1n) is 5.49. The van der Waals surface area contributed by atoms with E-state index >= 15 is 0 Å². The first kappa shape index (κ1) is 12.4. The zero-order valence-electron chi connectivity index (χ0n) is 9.75. The number of hydrazine groups is 1. The molecule has 0 bridgehead atoms. The lowest BCUT2D eigenvalue weighted by Gasteiger charge is -2.30. The predicted octanol–water partition coefficient (Wildman–Crippen LogP) is -0.264. The van der Waals surface area contributed by atoms with Gasteiger partial charge in [0, 0.05) is 19.1 Å². The van der Waals surface area contributed by atoms with Crippen molar-refractivity contribution in [1.82, 2.24) is 15.8 Å². The standard InChI is InChI=1S/C10H21N3O2/c1-8(2)11-10(14)9(3)12-13-4-6-15-7-5-13/h8-9,12H,4-7H2,1-3H3,(H,11,14). The van der Waals surface area contributed by atoms with E-state index in [0.29, 0.717) is 0 Å². The van der Waals surface area contributed by atoms with Gasteiger partial charge in [-0.1, -0.05) is 0 Å². The molecule has 1 aliphatic rings. The molecule has 1 atom stereocenters. The number of hydrogen-bond acceptors (Lipinski definition) is 4. The number of carbonyl (C=O) groups is 1. The molecular weight excluding hydrogens is 194 g/mol. The smallest absolute Gasteiger partial charge is 0.238 e. The van der Waals surface area contributed by atoms with Crippen molar-refractivity contribution in [2.75, 3.05) is 26.3 Å². The van der Waals surface area contributed by atoms with E-state index in [1.165, 1.54) is 0 Å². The van der Waals surface area contributed by atoms with Gasteiger partial charge in [0.1, 0.15) is 0 Å². The Bertz CT molecular complexity index is 203. The lowest BCUT2D eigenvalue weighted by atomic mass is 10.3. The first-order valence-corrected chi connectivity index (χ1v) is 5.49. The van der Waals surface area contributed by atoms with E-state index in [-0.39, 0.29) is 18.0 Å². The van der Waals surface area contributed by atoms with Crippen LogP contribution in [-0.2, 0) is 9.53 Å². The molecular formula is C10H21N3O2. The Balaban J connectivity index is 2.26. The summed E-state index contributed by atoms with van der Waals surface area (Å²) in [7, 11) is 0. The topological polar surface area (TPSA) is 53.6 Å². The predicted molar refractivity (Wildman–Crippen MR) is 58.3 cm³/mol. The molecule has 0 aliphatic carbocycles. The van der Waals surface area contributed by atoms with Gasteiger partial charge in [0.2, 0.25) is 5.91 Å². The molecule has 5 heteroatoms. The van der Waals surface area contributed by atoms with Crippen LogP contribution < -0.4 is 10.7 Å². The fourth-order valence-electron chi connectivity index (χ4n) is 1.43. The molecule has 1 rings (SSSR count). The lowest BCUT2D eigenvalue weighted by molar-refractivity contribution is -0.125. The Hall–Kier alpha value is -0.650. The average molecular weight is 215 g/mol. The summed E-state index contributed by atoms with van der Waals surface area (Å²) in [6.07, 6.45) is 0. The van der Waals surface area contributed by atoms with E-state index in [4.69, 9.17) is 4.74 Å². The van der Waals surface area contributed by atoms with Gasteiger partial charge in [-0.05, 0) is 20.8 Å². The molecule has 1 aliphatic heterocycles. The average Bonchev–Trinajstić information content (AvgIpc) is 2.18. The van der Waals surface area contributed by atoms with Crippen molar-refractivity contribution in [1.29, 1.82) is 0 Å². The zero-order valence-corrected chi connectivity index (χ0v) is 9.75. The Kier molecular flexibility index (Phi) is 5.01. The van der Waals surface area contributed by atoms with Crippen molar-refractivity contribution in [3.05, 3.63) is 0 Å². The van der Waals surface area contributed by atoms with Gasteiger partial charge < -0.3 is 10.1 Å². The Morgan fingerprint density at radius 2 is 1.87 bits per heavy atom. The van der Waals surface area contributed by atoms with Crippen LogP contribution in [0.15, 0.2) is 0 Å². The molecule has 0 spiro atoms. The summed E-state index contributed by atoms with van der Waals surface area (Å²) in [6, 6.07) is -0.00283. The number of carbonyl (C=O) groups excluding carboxylic acids is 1. The van der Waals surface area contributed by atoms with Gasteiger partial charge >= 0.3 is 0 Å². The van der Waals surface area contributed by atoms with Gasteiger partial charge in [-0.15, -0.1) is 0 Å². The van der Waals surface area contributed by atoms with Gasteiger partial charge in [-0.2, -0.15) is 0 Å². The highest BCUT2D eigenvalue weighted by Crippen LogP contribution is 1.95.